The second-order valence-electron chi connectivity index (χ2n) is 8.54. The highest BCUT2D eigenvalue weighted by molar-refractivity contribution is 5.83. The van der Waals surface area contributed by atoms with Crippen LogP contribution in [0.25, 0.3) is 0 Å². The van der Waals surface area contributed by atoms with E-state index in [1.807, 2.05) is 19.9 Å². The Morgan fingerprint density at radius 1 is 1.23 bits per heavy atom. The molecule has 1 aromatic rings. The maximum atomic E-state index is 12.6. The first kappa shape index (κ1) is 17.6. The number of hydrogen-bond acceptors (Lipinski definition) is 4. The largest absolute Gasteiger partial charge is 0.481 e. The molecular formula is C20H26O6. The van der Waals surface area contributed by atoms with Gasteiger partial charge in [0.15, 0.2) is 0 Å². The van der Waals surface area contributed by atoms with Crippen molar-refractivity contribution in [2.24, 2.45) is 22.7 Å². The van der Waals surface area contributed by atoms with Gasteiger partial charge in [-0.2, -0.15) is 0 Å². The minimum absolute atomic E-state index is 0.0522. The van der Waals surface area contributed by atoms with Crippen LogP contribution in [0.5, 0.6) is 0 Å². The van der Waals surface area contributed by atoms with Crippen LogP contribution in [-0.4, -0.2) is 33.9 Å². The van der Waals surface area contributed by atoms with Crippen LogP contribution in [0.15, 0.2) is 23.0 Å². The zero-order chi connectivity index (χ0) is 18.7. The molecule has 26 heavy (non-hydrogen) atoms. The van der Waals surface area contributed by atoms with E-state index in [-0.39, 0.29) is 12.0 Å². The number of aliphatic carboxylic acids is 2. The number of carboxylic acid groups (broad SMARTS) is 2. The first-order valence-electron chi connectivity index (χ1n) is 9.44. The van der Waals surface area contributed by atoms with Gasteiger partial charge in [0.25, 0.3) is 0 Å². The number of furan rings is 1. The fraction of sp³-hybridized carbons (Fsp3) is 0.700. The molecule has 142 valence electrons. The van der Waals surface area contributed by atoms with E-state index in [4.69, 9.17) is 9.15 Å². The van der Waals surface area contributed by atoms with Crippen LogP contribution in [0.2, 0.25) is 0 Å². The van der Waals surface area contributed by atoms with Crippen molar-refractivity contribution in [3.63, 3.8) is 0 Å². The van der Waals surface area contributed by atoms with Gasteiger partial charge in [0, 0.05) is 0 Å². The molecule has 0 radical (unpaired) electrons. The summed E-state index contributed by atoms with van der Waals surface area (Å²) in [7, 11) is 0. The molecule has 1 aromatic heterocycles. The summed E-state index contributed by atoms with van der Waals surface area (Å²) in [5.41, 5.74) is -1.96. The third-order valence-electron chi connectivity index (χ3n) is 7.80. The second-order valence-corrected chi connectivity index (χ2v) is 8.54. The van der Waals surface area contributed by atoms with Gasteiger partial charge >= 0.3 is 11.9 Å². The fourth-order valence-corrected chi connectivity index (χ4v) is 6.21. The monoisotopic (exact) mass is 362 g/mol. The summed E-state index contributed by atoms with van der Waals surface area (Å²) >= 11 is 0. The summed E-state index contributed by atoms with van der Waals surface area (Å²) in [5.74, 6) is -2.27. The Kier molecular flexibility index (Phi) is 3.78. The summed E-state index contributed by atoms with van der Waals surface area (Å²) in [6.45, 7) is 3.84. The number of carboxylic acids is 2. The van der Waals surface area contributed by atoms with Crippen molar-refractivity contribution in [2.45, 2.75) is 64.1 Å². The van der Waals surface area contributed by atoms with Crippen molar-refractivity contribution in [3.8, 4) is 0 Å². The van der Waals surface area contributed by atoms with E-state index >= 15 is 0 Å². The first-order chi connectivity index (χ1) is 12.3. The average Bonchev–Trinajstić information content (AvgIpc) is 3.02. The summed E-state index contributed by atoms with van der Waals surface area (Å²) < 4.78 is 11.0. The van der Waals surface area contributed by atoms with Gasteiger partial charge in [-0.3, -0.25) is 9.59 Å². The minimum atomic E-state index is -1.11. The zero-order valence-electron chi connectivity index (χ0n) is 15.2. The molecule has 2 saturated carbocycles. The van der Waals surface area contributed by atoms with Gasteiger partial charge < -0.3 is 19.4 Å². The predicted octanol–water partition coefficient (Wildman–Crippen LogP) is 3.35. The molecule has 1 aliphatic heterocycles. The molecule has 3 aliphatic rings. The SMILES string of the molecule is C[C@@H]1CC[C@]2(C(=O)O)[C@H](CC[C@@H]3O[C@@]32C)[C@]1(CCc1ccoc1)C(=O)O. The van der Waals surface area contributed by atoms with Crippen molar-refractivity contribution in [1.29, 1.82) is 0 Å². The number of rotatable bonds is 5. The number of epoxide rings is 1. The molecule has 1 saturated heterocycles. The lowest BCUT2D eigenvalue weighted by molar-refractivity contribution is -0.192. The first-order valence-corrected chi connectivity index (χ1v) is 9.44. The van der Waals surface area contributed by atoms with Crippen molar-refractivity contribution < 1.29 is 29.0 Å². The molecule has 2 aliphatic carbocycles. The predicted molar refractivity (Wildman–Crippen MR) is 91.6 cm³/mol. The Labute approximate surface area is 152 Å². The van der Waals surface area contributed by atoms with Gasteiger partial charge in [0.05, 0.1) is 24.0 Å². The van der Waals surface area contributed by atoms with Crippen molar-refractivity contribution in [2.75, 3.05) is 0 Å². The molecular weight excluding hydrogens is 336 g/mol. The highest BCUT2D eigenvalue weighted by Gasteiger charge is 2.78. The molecule has 0 aromatic carbocycles. The number of hydrogen-bond donors (Lipinski definition) is 2. The normalized spacial score (nSPS) is 44.0. The van der Waals surface area contributed by atoms with E-state index in [9.17, 15) is 19.8 Å². The molecule has 6 atom stereocenters. The third kappa shape index (κ3) is 2.02. The topological polar surface area (TPSA) is 100 Å². The highest BCUT2D eigenvalue weighted by atomic mass is 16.6. The Morgan fingerprint density at radius 2 is 2.00 bits per heavy atom. The molecule has 3 fully saturated rings. The Bertz CT molecular complexity index is 727. The van der Waals surface area contributed by atoms with Crippen LogP contribution in [-0.2, 0) is 20.7 Å². The van der Waals surface area contributed by atoms with Crippen LogP contribution in [0.1, 0.15) is 51.5 Å². The second kappa shape index (κ2) is 5.59. The number of aryl methyl sites for hydroxylation is 1. The van der Waals surface area contributed by atoms with Gasteiger partial charge in [-0.05, 0) is 68.9 Å². The van der Waals surface area contributed by atoms with E-state index in [0.717, 1.165) is 12.0 Å². The number of fused-ring (bicyclic) bond motifs is 3. The quantitative estimate of drug-likeness (QED) is 0.779. The minimum Gasteiger partial charge on any atom is -0.481 e. The lowest BCUT2D eigenvalue weighted by atomic mass is 9.43. The van der Waals surface area contributed by atoms with E-state index in [0.29, 0.717) is 32.1 Å². The third-order valence-corrected chi connectivity index (χ3v) is 7.80. The lowest BCUT2D eigenvalue weighted by Gasteiger charge is -2.57. The number of carbonyl (C=O) groups is 2. The zero-order valence-corrected chi connectivity index (χ0v) is 15.2. The van der Waals surface area contributed by atoms with Gasteiger partial charge in [-0.15, -0.1) is 0 Å². The average molecular weight is 362 g/mol. The van der Waals surface area contributed by atoms with Gasteiger partial charge in [0.2, 0.25) is 0 Å². The van der Waals surface area contributed by atoms with Crippen LogP contribution in [0, 0.1) is 22.7 Å². The van der Waals surface area contributed by atoms with Crippen LogP contribution in [0.4, 0.5) is 0 Å². The lowest BCUT2D eigenvalue weighted by Crippen LogP contribution is -2.64. The summed E-state index contributed by atoms with van der Waals surface area (Å²) in [4.78, 5) is 25.1. The van der Waals surface area contributed by atoms with Gasteiger partial charge in [0.1, 0.15) is 11.0 Å². The van der Waals surface area contributed by atoms with Gasteiger partial charge in [-0.25, -0.2) is 0 Å². The molecule has 0 bridgehead atoms. The molecule has 6 heteroatoms. The molecule has 0 spiro atoms. The van der Waals surface area contributed by atoms with Crippen molar-refractivity contribution in [1.82, 2.24) is 0 Å². The highest BCUT2D eigenvalue weighted by Crippen LogP contribution is 2.70. The summed E-state index contributed by atoms with van der Waals surface area (Å²) in [5, 5.41) is 20.6. The molecule has 6 nitrogen and oxygen atoms in total. The van der Waals surface area contributed by atoms with E-state index in [2.05, 4.69) is 0 Å². The molecule has 0 amide bonds. The smallest absolute Gasteiger partial charge is 0.313 e. The fourth-order valence-electron chi connectivity index (χ4n) is 6.21. The van der Waals surface area contributed by atoms with E-state index in [1.54, 1.807) is 12.5 Å². The maximum Gasteiger partial charge on any atom is 0.313 e. The Morgan fingerprint density at radius 3 is 2.62 bits per heavy atom. The standard InChI is InChI=1S/C20H26O6/c1-12-5-9-20(17(23)24)14(3-4-15-18(20,2)26-15)19(12,16(21)22)8-6-13-7-10-25-11-13/h7,10-12,14-15H,3-6,8-9H2,1-2H3,(H,21,22)(H,23,24)/t12-,14-,15+,18+,19-,20-/m1/s1. The van der Waals surface area contributed by atoms with Crippen molar-refractivity contribution in [3.05, 3.63) is 24.2 Å². The molecule has 2 N–H and O–H groups in total. The Hall–Kier alpha value is -1.82. The van der Waals surface area contributed by atoms with Crippen LogP contribution < -0.4 is 0 Å². The van der Waals surface area contributed by atoms with E-state index < -0.39 is 34.3 Å². The van der Waals surface area contributed by atoms with Gasteiger partial charge in [-0.1, -0.05) is 6.92 Å². The maximum absolute atomic E-state index is 12.6. The van der Waals surface area contributed by atoms with Crippen LogP contribution >= 0.6 is 0 Å². The van der Waals surface area contributed by atoms with Crippen LogP contribution in [0.3, 0.4) is 0 Å². The number of ether oxygens (including phenoxy) is 1. The molecule has 2 heterocycles. The molecule has 0 unspecified atom stereocenters. The van der Waals surface area contributed by atoms with Crippen molar-refractivity contribution >= 4 is 11.9 Å². The summed E-state index contributed by atoms with van der Waals surface area (Å²) in [6.07, 6.45) is 6.56. The molecule has 4 rings (SSSR count). The Balaban J connectivity index is 1.78. The van der Waals surface area contributed by atoms with E-state index in [1.165, 1.54) is 0 Å². The summed E-state index contributed by atoms with van der Waals surface area (Å²) in [6, 6.07) is 1.84.